The second-order valence-electron chi connectivity index (χ2n) is 6.16. The van der Waals surface area contributed by atoms with Gasteiger partial charge in [0.15, 0.2) is 0 Å². The Morgan fingerprint density at radius 3 is 2.56 bits per heavy atom. The molecule has 0 bridgehead atoms. The zero-order valence-electron chi connectivity index (χ0n) is 14.8. The Bertz CT molecular complexity index is 1010. The molecule has 3 rings (SSSR count). The van der Waals surface area contributed by atoms with Gasteiger partial charge < -0.3 is 4.42 Å². The molecule has 5 nitrogen and oxygen atoms in total. The summed E-state index contributed by atoms with van der Waals surface area (Å²) in [4.78, 5) is 4.08. The third-order valence-corrected chi connectivity index (χ3v) is 7.14. The van der Waals surface area contributed by atoms with Crippen LogP contribution in [0.1, 0.15) is 22.5 Å². The quantitative estimate of drug-likeness (QED) is 0.558. The molecule has 0 saturated heterocycles. The number of aromatic nitrogens is 1. The molecule has 0 aliphatic heterocycles. The average Bonchev–Trinajstić information content (AvgIpc) is 3.13. The van der Waals surface area contributed by atoms with E-state index in [0.717, 1.165) is 5.56 Å². The van der Waals surface area contributed by atoms with Gasteiger partial charge in [0.05, 0.1) is 17.8 Å². The second-order valence-corrected chi connectivity index (χ2v) is 8.82. The largest absolute Gasteiger partial charge is 0.468 e. The molecule has 0 saturated carbocycles. The van der Waals surface area contributed by atoms with Gasteiger partial charge in [-0.3, -0.25) is 4.98 Å². The summed E-state index contributed by atoms with van der Waals surface area (Å²) < 4.78 is 33.7. The van der Waals surface area contributed by atoms with Crippen molar-refractivity contribution in [3.05, 3.63) is 81.5 Å². The molecule has 2 heterocycles. The molecule has 2 aromatic heterocycles. The first kappa shape index (κ1) is 19.9. The first-order valence-electron chi connectivity index (χ1n) is 8.17. The lowest BCUT2D eigenvalue weighted by Crippen LogP contribution is -2.31. The molecule has 0 spiro atoms. The Hall–Kier alpha value is -1.86. The van der Waals surface area contributed by atoms with E-state index in [-0.39, 0.29) is 23.0 Å². The van der Waals surface area contributed by atoms with Crippen LogP contribution in [0, 0.1) is 13.8 Å². The Balaban J connectivity index is 2.10. The van der Waals surface area contributed by atoms with Crippen molar-refractivity contribution in [1.29, 1.82) is 0 Å². The van der Waals surface area contributed by atoms with E-state index in [1.165, 1.54) is 10.6 Å². The van der Waals surface area contributed by atoms with Crippen LogP contribution in [-0.4, -0.2) is 17.7 Å². The third-order valence-electron chi connectivity index (χ3n) is 4.18. The Morgan fingerprint density at radius 2 is 1.93 bits per heavy atom. The monoisotopic (exact) mass is 424 g/mol. The number of hydrogen-bond donors (Lipinski definition) is 0. The summed E-state index contributed by atoms with van der Waals surface area (Å²) in [5.74, 6) is 0.523. The summed E-state index contributed by atoms with van der Waals surface area (Å²) in [6, 6.07) is 8.68. The standard InChI is InChI=1S/C19H18Cl2N2O3S/c1-13-9-17(20)14(2)19(18(13)21)27(24,25)23(12-16-6-4-8-26-16)11-15-5-3-7-22-10-15/h3-10H,11-12H2,1-2H3. The molecule has 0 fully saturated rings. The Labute approximate surface area is 168 Å². The normalized spacial score (nSPS) is 11.9. The van der Waals surface area contributed by atoms with Crippen molar-refractivity contribution in [2.75, 3.05) is 0 Å². The molecule has 142 valence electrons. The molecule has 8 heteroatoms. The number of nitrogens with zero attached hydrogens (tertiary/aromatic N) is 2. The van der Waals surface area contributed by atoms with Crippen LogP contribution in [0.2, 0.25) is 10.0 Å². The molecule has 0 atom stereocenters. The van der Waals surface area contributed by atoms with Gasteiger partial charge in [-0.15, -0.1) is 0 Å². The average molecular weight is 425 g/mol. The molecule has 0 aliphatic rings. The van der Waals surface area contributed by atoms with Gasteiger partial charge in [-0.1, -0.05) is 29.3 Å². The molecule has 27 heavy (non-hydrogen) atoms. The van der Waals surface area contributed by atoms with Crippen LogP contribution < -0.4 is 0 Å². The van der Waals surface area contributed by atoms with Crippen molar-refractivity contribution in [2.45, 2.75) is 31.8 Å². The molecule has 0 unspecified atom stereocenters. The Kier molecular flexibility index (Phi) is 5.91. The van der Waals surface area contributed by atoms with E-state index in [1.54, 1.807) is 50.5 Å². The summed E-state index contributed by atoms with van der Waals surface area (Å²) in [5, 5.41) is 0.530. The number of benzene rings is 1. The highest BCUT2D eigenvalue weighted by Gasteiger charge is 2.31. The van der Waals surface area contributed by atoms with E-state index in [9.17, 15) is 8.42 Å². The third kappa shape index (κ3) is 4.19. The fourth-order valence-corrected chi connectivity index (χ4v) is 5.31. The Morgan fingerprint density at radius 1 is 1.15 bits per heavy atom. The van der Waals surface area contributed by atoms with E-state index >= 15 is 0 Å². The minimum absolute atomic E-state index is 0.0182. The zero-order valence-corrected chi connectivity index (χ0v) is 17.1. The first-order chi connectivity index (χ1) is 12.8. The van der Waals surface area contributed by atoms with Gasteiger partial charge in [0.2, 0.25) is 10.0 Å². The van der Waals surface area contributed by atoms with Crippen LogP contribution in [0.15, 0.2) is 58.3 Å². The van der Waals surface area contributed by atoms with Gasteiger partial charge in [-0.2, -0.15) is 4.31 Å². The van der Waals surface area contributed by atoms with E-state index in [2.05, 4.69) is 4.98 Å². The lowest BCUT2D eigenvalue weighted by Gasteiger charge is -2.24. The maximum Gasteiger partial charge on any atom is 0.245 e. The van der Waals surface area contributed by atoms with Crippen LogP contribution in [0.5, 0.6) is 0 Å². The number of halogens is 2. The fourth-order valence-electron chi connectivity index (χ4n) is 2.75. The number of hydrogen-bond acceptors (Lipinski definition) is 4. The SMILES string of the molecule is Cc1cc(Cl)c(C)c(S(=O)(=O)N(Cc2cccnc2)Cc2ccco2)c1Cl. The van der Waals surface area contributed by atoms with E-state index < -0.39 is 10.0 Å². The molecule has 0 radical (unpaired) electrons. The van der Waals surface area contributed by atoms with Crippen LogP contribution in [0.4, 0.5) is 0 Å². The molecule has 1 aromatic carbocycles. The van der Waals surface area contributed by atoms with E-state index in [4.69, 9.17) is 27.6 Å². The molecule has 0 N–H and O–H groups in total. The highest BCUT2D eigenvalue weighted by Crippen LogP contribution is 2.36. The second kappa shape index (κ2) is 8.02. The van der Waals surface area contributed by atoms with Crippen LogP contribution in [-0.2, 0) is 23.1 Å². The molecular formula is C19H18Cl2N2O3S. The van der Waals surface area contributed by atoms with Crippen molar-refractivity contribution in [1.82, 2.24) is 9.29 Å². The predicted molar refractivity (Wildman–Crippen MR) is 105 cm³/mol. The lowest BCUT2D eigenvalue weighted by atomic mass is 10.2. The van der Waals surface area contributed by atoms with Gasteiger partial charge in [-0.05, 0) is 54.8 Å². The minimum atomic E-state index is -3.95. The number of aryl methyl sites for hydroxylation is 1. The maximum absolute atomic E-state index is 13.5. The number of pyridine rings is 1. The first-order valence-corrected chi connectivity index (χ1v) is 10.4. The fraction of sp³-hybridized carbons (Fsp3) is 0.211. The number of rotatable bonds is 6. The van der Waals surface area contributed by atoms with Gasteiger partial charge in [0.1, 0.15) is 10.7 Å². The smallest absolute Gasteiger partial charge is 0.245 e. The van der Waals surface area contributed by atoms with Crippen molar-refractivity contribution in [3.63, 3.8) is 0 Å². The molecule has 0 amide bonds. The zero-order chi connectivity index (χ0) is 19.6. The van der Waals surface area contributed by atoms with Crippen molar-refractivity contribution in [3.8, 4) is 0 Å². The van der Waals surface area contributed by atoms with Gasteiger partial charge >= 0.3 is 0 Å². The highest BCUT2D eigenvalue weighted by atomic mass is 35.5. The summed E-state index contributed by atoms with van der Waals surface area (Å²) >= 11 is 12.6. The van der Waals surface area contributed by atoms with Crippen molar-refractivity contribution >= 4 is 33.2 Å². The lowest BCUT2D eigenvalue weighted by molar-refractivity contribution is 0.358. The maximum atomic E-state index is 13.5. The van der Waals surface area contributed by atoms with Crippen LogP contribution in [0.3, 0.4) is 0 Å². The van der Waals surface area contributed by atoms with Crippen molar-refractivity contribution in [2.24, 2.45) is 0 Å². The molecule has 0 aliphatic carbocycles. The highest BCUT2D eigenvalue weighted by molar-refractivity contribution is 7.89. The number of furan rings is 1. The van der Waals surface area contributed by atoms with E-state index in [1.807, 2.05) is 6.07 Å². The minimum Gasteiger partial charge on any atom is -0.468 e. The topological polar surface area (TPSA) is 63.4 Å². The molecule has 3 aromatic rings. The summed E-state index contributed by atoms with van der Waals surface area (Å²) in [6.45, 7) is 3.56. The number of sulfonamides is 1. The van der Waals surface area contributed by atoms with Crippen LogP contribution >= 0.6 is 23.2 Å². The van der Waals surface area contributed by atoms with Gasteiger partial charge in [0.25, 0.3) is 0 Å². The summed E-state index contributed by atoms with van der Waals surface area (Å²) in [7, 11) is -3.95. The van der Waals surface area contributed by atoms with Gasteiger partial charge in [-0.25, -0.2) is 8.42 Å². The van der Waals surface area contributed by atoms with Gasteiger partial charge in [0, 0.05) is 24.0 Å². The molecular weight excluding hydrogens is 407 g/mol. The summed E-state index contributed by atoms with van der Waals surface area (Å²) in [6.07, 6.45) is 4.77. The summed E-state index contributed by atoms with van der Waals surface area (Å²) in [5.41, 5.74) is 1.77. The van der Waals surface area contributed by atoms with E-state index in [0.29, 0.717) is 21.9 Å². The predicted octanol–water partition coefficient (Wildman–Crippen LogP) is 4.99. The van der Waals surface area contributed by atoms with Crippen LogP contribution in [0.25, 0.3) is 0 Å². The van der Waals surface area contributed by atoms with Crippen molar-refractivity contribution < 1.29 is 12.8 Å².